The zero-order valence-corrected chi connectivity index (χ0v) is 12.6. The molecule has 0 heterocycles. The minimum absolute atomic E-state index is 0.0233. The Morgan fingerprint density at radius 3 is 2.55 bits per heavy atom. The Morgan fingerprint density at radius 1 is 1.40 bits per heavy atom. The minimum atomic E-state index is -3.58. The number of benzene rings is 1. The van der Waals surface area contributed by atoms with Crippen molar-refractivity contribution in [1.29, 1.82) is 0 Å². The molecule has 0 spiro atoms. The Kier molecular flexibility index (Phi) is 5.34. The molecule has 0 aromatic heterocycles. The lowest BCUT2D eigenvalue weighted by atomic mass is 10.2. The van der Waals surface area contributed by atoms with Crippen molar-refractivity contribution >= 4 is 27.3 Å². The summed E-state index contributed by atoms with van der Waals surface area (Å²) < 4.78 is 25.6. The van der Waals surface area contributed by atoms with Gasteiger partial charge in [0.25, 0.3) is 0 Å². The fourth-order valence-electron chi connectivity index (χ4n) is 1.69. The van der Waals surface area contributed by atoms with Crippen LogP contribution in [0.1, 0.15) is 6.92 Å². The largest absolute Gasteiger partial charge is 0.398 e. The molecule has 0 unspecified atom stereocenters. The predicted molar refractivity (Wildman–Crippen MR) is 79.1 cm³/mol. The van der Waals surface area contributed by atoms with Gasteiger partial charge >= 0.3 is 0 Å². The molecule has 0 radical (unpaired) electrons. The van der Waals surface area contributed by atoms with Gasteiger partial charge in [0.15, 0.2) is 0 Å². The molecule has 1 rings (SSSR count). The number of carbonyl (C=O) groups excluding carboxylic acids is 1. The standard InChI is InChI=1S/C12H20N4O3S/c1-4-15-12(17)8-16(3)9-5-6-11(10(13)7-9)20(18,19)14-2/h5-7,14H,4,8,13H2,1-3H3,(H,15,17). The number of likely N-dealkylation sites (N-methyl/N-ethyl adjacent to an activating group) is 2. The number of sulfonamides is 1. The second-order valence-corrected chi connectivity index (χ2v) is 6.09. The molecular formula is C12H20N4O3S. The highest BCUT2D eigenvalue weighted by Gasteiger charge is 2.16. The molecule has 4 N–H and O–H groups in total. The number of nitrogens with one attached hydrogen (secondary N) is 2. The first-order valence-corrected chi connectivity index (χ1v) is 7.61. The van der Waals surface area contributed by atoms with Gasteiger partial charge in [0.2, 0.25) is 15.9 Å². The SMILES string of the molecule is CCNC(=O)CN(C)c1ccc(S(=O)(=O)NC)c(N)c1. The van der Waals surface area contributed by atoms with E-state index in [2.05, 4.69) is 10.0 Å². The van der Waals surface area contributed by atoms with Gasteiger partial charge in [-0.1, -0.05) is 0 Å². The van der Waals surface area contributed by atoms with Gasteiger partial charge in [0.05, 0.1) is 12.2 Å². The van der Waals surface area contributed by atoms with Crippen LogP contribution in [0.25, 0.3) is 0 Å². The van der Waals surface area contributed by atoms with Crippen LogP contribution in [-0.4, -0.2) is 41.5 Å². The van der Waals surface area contributed by atoms with Gasteiger partial charge in [-0.2, -0.15) is 0 Å². The van der Waals surface area contributed by atoms with Crippen LogP contribution in [0.4, 0.5) is 11.4 Å². The van der Waals surface area contributed by atoms with E-state index in [9.17, 15) is 13.2 Å². The van der Waals surface area contributed by atoms with E-state index in [0.29, 0.717) is 12.2 Å². The van der Waals surface area contributed by atoms with Crippen LogP contribution < -0.4 is 20.7 Å². The first-order chi connectivity index (χ1) is 9.31. The Morgan fingerprint density at radius 2 is 2.05 bits per heavy atom. The summed E-state index contributed by atoms with van der Waals surface area (Å²) in [6.45, 7) is 2.58. The summed E-state index contributed by atoms with van der Waals surface area (Å²) in [5.41, 5.74) is 6.57. The maximum atomic E-state index is 11.7. The molecular weight excluding hydrogens is 280 g/mol. The molecule has 0 aliphatic rings. The van der Waals surface area contributed by atoms with Crippen LogP contribution >= 0.6 is 0 Å². The summed E-state index contributed by atoms with van der Waals surface area (Å²) in [5.74, 6) is -0.111. The van der Waals surface area contributed by atoms with Crippen LogP contribution in [0.5, 0.6) is 0 Å². The van der Waals surface area contributed by atoms with Crippen LogP contribution in [0.3, 0.4) is 0 Å². The Hall–Kier alpha value is -1.80. The summed E-state index contributed by atoms with van der Waals surface area (Å²) in [7, 11) is -0.520. The molecule has 0 bridgehead atoms. The van der Waals surface area contributed by atoms with Crippen molar-refractivity contribution < 1.29 is 13.2 Å². The number of nitrogens with zero attached hydrogens (tertiary/aromatic N) is 1. The number of nitrogen functional groups attached to an aromatic ring is 1. The number of carbonyl (C=O) groups is 1. The van der Waals surface area contributed by atoms with Crippen molar-refractivity contribution in [2.45, 2.75) is 11.8 Å². The van der Waals surface area contributed by atoms with Gasteiger partial charge in [-0.15, -0.1) is 0 Å². The number of amides is 1. The van der Waals surface area contributed by atoms with Crippen LogP contribution in [0.2, 0.25) is 0 Å². The van der Waals surface area contributed by atoms with Gasteiger partial charge < -0.3 is 16.0 Å². The molecule has 1 aromatic carbocycles. The van der Waals surface area contributed by atoms with E-state index >= 15 is 0 Å². The fraction of sp³-hybridized carbons (Fsp3) is 0.417. The van der Waals surface area contributed by atoms with E-state index in [4.69, 9.17) is 5.73 Å². The van der Waals surface area contributed by atoms with Gasteiger partial charge in [0, 0.05) is 19.3 Å². The summed E-state index contributed by atoms with van der Waals surface area (Å²) in [6, 6.07) is 4.56. The normalized spacial score (nSPS) is 11.2. The fourth-order valence-corrected chi connectivity index (χ4v) is 2.52. The van der Waals surface area contributed by atoms with Crippen molar-refractivity contribution in [3.63, 3.8) is 0 Å². The van der Waals surface area contributed by atoms with E-state index in [0.717, 1.165) is 0 Å². The maximum absolute atomic E-state index is 11.7. The van der Waals surface area contributed by atoms with Crippen LogP contribution in [0.15, 0.2) is 23.1 Å². The Bertz CT molecular complexity index is 586. The first kappa shape index (κ1) is 16.3. The summed E-state index contributed by atoms with van der Waals surface area (Å²) in [5, 5.41) is 2.69. The van der Waals surface area contributed by atoms with Crippen molar-refractivity contribution in [3.05, 3.63) is 18.2 Å². The minimum Gasteiger partial charge on any atom is -0.398 e. The quantitative estimate of drug-likeness (QED) is 0.628. The third kappa shape index (κ3) is 3.84. The highest BCUT2D eigenvalue weighted by Crippen LogP contribution is 2.24. The third-order valence-corrected chi connectivity index (χ3v) is 4.24. The number of rotatable bonds is 6. The molecule has 0 fully saturated rings. The van der Waals surface area contributed by atoms with Gasteiger partial charge in [-0.3, -0.25) is 4.79 Å². The highest BCUT2D eigenvalue weighted by atomic mass is 32.2. The molecule has 8 heteroatoms. The summed E-state index contributed by atoms with van der Waals surface area (Å²) >= 11 is 0. The summed E-state index contributed by atoms with van der Waals surface area (Å²) in [6.07, 6.45) is 0. The Balaban J connectivity index is 2.95. The second kappa shape index (κ2) is 6.58. The lowest BCUT2D eigenvalue weighted by molar-refractivity contribution is -0.119. The molecule has 0 aliphatic carbocycles. The second-order valence-electron chi connectivity index (χ2n) is 4.24. The maximum Gasteiger partial charge on any atom is 0.242 e. The van der Waals surface area contributed by atoms with Crippen molar-refractivity contribution in [1.82, 2.24) is 10.0 Å². The summed E-state index contributed by atoms with van der Waals surface area (Å²) in [4.78, 5) is 13.2. The van der Waals surface area contributed by atoms with Crippen molar-refractivity contribution in [2.75, 3.05) is 37.8 Å². The van der Waals surface area contributed by atoms with Gasteiger partial charge in [0.1, 0.15) is 4.90 Å². The molecule has 1 aromatic rings. The number of hydrogen-bond acceptors (Lipinski definition) is 5. The van der Waals surface area contributed by atoms with Crippen molar-refractivity contribution in [3.8, 4) is 0 Å². The molecule has 7 nitrogen and oxygen atoms in total. The molecule has 0 aliphatic heterocycles. The van der Waals surface area contributed by atoms with Crippen molar-refractivity contribution in [2.24, 2.45) is 0 Å². The number of anilines is 2. The van der Waals surface area contributed by atoms with E-state index < -0.39 is 10.0 Å². The smallest absolute Gasteiger partial charge is 0.242 e. The predicted octanol–water partition coefficient (Wildman–Crippen LogP) is -0.251. The van der Waals surface area contributed by atoms with Crippen LogP contribution in [0, 0.1) is 0 Å². The average Bonchev–Trinajstić information content (AvgIpc) is 2.38. The highest BCUT2D eigenvalue weighted by molar-refractivity contribution is 7.89. The zero-order chi connectivity index (χ0) is 15.3. The first-order valence-electron chi connectivity index (χ1n) is 6.12. The molecule has 0 saturated carbocycles. The third-order valence-electron chi connectivity index (χ3n) is 2.75. The molecule has 0 atom stereocenters. The monoisotopic (exact) mass is 300 g/mol. The zero-order valence-electron chi connectivity index (χ0n) is 11.8. The molecule has 0 saturated heterocycles. The lowest BCUT2D eigenvalue weighted by Crippen LogP contribution is -2.35. The molecule has 1 amide bonds. The topological polar surface area (TPSA) is 105 Å². The van der Waals surface area contributed by atoms with E-state index in [-0.39, 0.29) is 23.0 Å². The molecule has 112 valence electrons. The van der Waals surface area contributed by atoms with Gasteiger partial charge in [-0.25, -0.2) is 13.1 Å². The van der Waals surface area contributed by atoms with Gasteiger partial charge in [-0.05, 0) is 32.2 Å². The van der Waals surface area contributed by atoms with E-state index in [1.54, 1.807) is 18.0 Å². The Labute approximate surface area is 119 Å². The number of hydrogen-bond donors (Lipinski definition) is 3. The number of nitrogens with two attached hydrogens (primary N) is 1. The average molecular weight is 300 g/mol. The van der Waals surface area contributed by atoms with E-state index in [1.807, 2.05) is 6.92 Å². The van der Waals surface area contributed by atoms with Crippen LogP contribution in [-0.2, 0) is 14.8 Å². The molecule has 20 heavy (non-hydrogen) atoms. The van der Waals surface area contributed by atoms with E-state index in [1.165, 1.54) is 19.2 Å². The lowest BCUT2D eigenvalue weighted by Gasteiger charge is -2.19.